The second kappa shape index (κ2) is 4.90. The second-order valence-electron chi connectivity index (χ2n) is 3.95. The summed E-state index contributed by atoms with van der Waals surface area (Å²) in [4.78, 5) is 0. The molecule has 5 nitrogen and oxygen atoms in total. The lowest BCUT2D eigenvalue weighted by Crippen LogP contribution is -1.98. The van der Waals surface area contributed by atoms with E-state index in [1.807, 2.05) is 24.3 Å². The Bertz CT molecular complexity index is 593. The summed E-state index contributed by atoms with van der Waals surface area (Å²) >= 11 is 0. The van der Waals surface area contributed by atoms with Crippen molar-refractivity contribution in [3.63, 3.8) is 0 Å². The number of benzene rings is 1. The molecule has 0 amide bonds. The highest BCUT2D eigenvalue weighted by Gasteiger charge is 2.14. The van der Waals surface area contributed by atoms with Crippen molar-refractivity contribution in [2.24, 2.45) is 12.8 Å². The van der Waals surface area contributed by atoms with Gasteiger partial charge in [0.1, 0.15) is 17.4 Å². The number of aryl methyl sites for hydroxylation is 2. The molecule has 0 saturated heterocycles. The van der Waals surface area contributed by atoms with Gasteiger partial charge in [0.2, 0.25) is 5.88 Å². The molecule has 92 valence electrons. The maximum Gasteiger partial charge on any atom is 0.235 e. The molecule has 0 atom stereocenters. The van der Waals surface area contributed by atoms with Crippen molar-refractivity contribution in [1.82, 2.24) is 9.78 Å². The molecule has 0 saturated carbocycles. The summed E-state index contributed by atoms with van der Waals surface area (Å²) < 4.78 is 7.25. The lowest BCUT2D eigenvalue weighted by atomic mass is 10.2. The molecule has 0 aliphatic rings. The average Bonchev–Trinajstić information content (AvgIpc) is 2.64. The number of hydrogen-bond acceptors (Lipinski definition) is 4. The van der Waals surface area contributed by atoms with Crippen LogP contribution in [0.5, 0.6) is 11.6 Å². The molecule has 0 spiro atoms. The topological polar surface area (TPSA) is 76.9 Å². The number of rotatable bonds is 3. The van der Waals surface area contributed by atoms with Crippen LogP contribution < -0.4 is 10.5 Å². The van der Waals surface area contributed by atoms with Crippen LogP contribution in [-0.4, -0.2) is 9.78 Å². The molecule has 1 aromatic heterocycles. The number of nitrogens with two attached hydrogens (primary N) is 1. The predicted octanol–water partition coefficient (Wildman–Crippen LogP) is 1.85. The second-order valence-corrected chi connectivity index (χ2v) is 3.95. The number of nitriles is 1. The van der Waals surface area contributed by atoms with E-state index in [1.165, 1.54) is 0 Å². The Labute approximate surface area is 105 Å². The summed E-state index contributed by atoms with van der Waals surface area (Å²) in [6.07, 6.45) is 0. The van der Waals surface area contributed by atoms with E-state index in [0.29, 0.717) is 29.4 Å². The summed E-state index contributed by atoms with van der Waals surface area (Å²) in [5.41, 5.74) is 7.68. The molecule has 18 heavy (non-hydrogen) atoms. The van der Waals surface area contributed by atoms with E-state index in [9.17, 15) is 0 Å². The van der Waals surface area contributed by atoms with Gasteiger partial charge < -0.3 is 10.5 Å². The highest BCUT2D eigenvalue weighted by Crippen LogP contribution is 2.26. The molecule has 0 radical (unpaired) electrons. The van der Waals surface area contributed by atoms with Crippen molar-refractivity contribution in [2.75, 3.05) is 0 Å². The Balaban J connectivity index is 2.31. The molecule has 0 bridgehead atoms. The van der Waals surface area contributed by atoms with E-state index in [1.54, 1.807) is 18.7 Å². The van der Waals surface area contributed by atoms with Crippen molar-refractivity contribution < 1.29 is 4.74 Å². The van der Waals surface area contributed by atoms with Crippen LogP contribution in [0.2, 0.25) is 0 Å². The maximum atomic E-state index is 9.07. The maximum absolute atomic E-state index is 9.07. The predicted molar refractivity (Wildman–Crippen MR) is 67.1 cm³/mol. The van der Waals surface area contributed by atoms with E-state index < -0.39 is 0 Å². The first-order chi connectivity index (χ1) is 8.65. The molecule has 1 aromatic carbocycles. The monoisotopic (exact) mass is 242 g/mol. The summed E-state index contributed by atoms with van der Waals surface area (Å²) in [6, 6.07) is 9.54. The summed E-state index contributed by atoms with van der Waals surface area (Å²) in [6.45, 7) is 2.28. The Morgan fingerprint density at radius 2 is 2.06 bits per heavy atom. The first-order valence-corrected chi connectivity index (χ1v) is 5.56. The largest absolute Gasteiger partial charge is 0.438 e. The van der Waals surface area contributed by atoms with E-state index in [0.717, 1.165) is 5.56 Å². The summed E-state index contributed by atoms with van der Waals surface area (Å²) in [5.74, 6) is 1.11. The van der Waals surface area contributed by atoms with Crippen LogP contribution in [0.4, 0.5) is 0 Å². The van der Waals surface area contributed by atoms with Crippen LogP contribution in [0.3, 0.4) is 0 Å². The molecular formula is C13H14N4O. The van der Waals surface area contributed by atoms with Crippen LogP contribution in [0.15, 0.2) is 24.3 Å². The van der Waals surface area contributed by atoms with Crippen molar-refractivity contribution in [1.29, 1.82) is 5.26 Å². The van der Waals surface area contributed by atoms with Crippen molar-refractivity contribution in [3.05, 3.63) is 41.1 Å². The van der Waals surface area contributed by atoms with E-state index in [2.05, 4.69) is 11.2 Å². The van der Waals surface area contributed by atoms with Gasteiger partial charge in [-0.05, 0) is 24.6 Å². The Morgan fingerprint density at radius 3 is 2.61 bits per heavy atom. The Kier molecular flexibility index (Phi) is 3.31. The summed E-state index contributed by atoms with van der Waals surface area (Å²) in [7, 11) is 1.75. The lowest BCUT2D eigenvalue weighted by molar-refractivity contribution is 0.429. The zero-order chi connectivity index (χ0) is 13.1. The number of hydrogen-bond donors (Lipinski definition) is 1. The van der Waals surface area contributed by atoms with Crippen LogP contribution in [0.1, 0.15) is 16.8 Å². The third-order valence-electron chi connectivity index (χ3n) is 2.65. The van der Waals surface area contributed by atoms with Gasteiger partial charge in [0.15, 0.2) is 0 Å². The van der Waals surface area contributed by atoms with E-state index >= 15 is 0 Å². The molecule has 0 aliphatic carbocycles. The quantitative estimate of drug-likeness (QED) is 0.891. The van der Waals surface area contributed by atoms with Gasteiger partial charge in [0.25, 0.3) is 0 Å². The van der Waals surface area contributed by atoms with Gasteiger partial charge in [-0.3, -0.25) is 0 Å². The average molecular weight is 242 g/mol. The van der Waals surface area contributed by atoms with Crippen LogP contribution >= 0.6 is 0 Å². The lowest BCUT2D eigenvalue weighted by Gasteiger charge is -2.06. The Hall–Kier alpha value is -2.32. The molecule has 2 rings (SSSR count). The molecule has 5 heteroatoms. The fourth-order valence-corrected chi connectivity index (χ4v) is 1.69. The first kappa shape index (κ1) is 12.1. The molecule has 1 heterocycles. The van der Waals surface area contributed by atoms with Crippen LogP contribution in [0, 0.1) is 18.3 Å². The minimum Gasteiger partial charge on any atom is -0.438 e. The van der Waals surface area contributed by atoms with Gasteiger partial charge in [-0.15, -0.1) is 0 Å². The fourth-order valence-electron chi connectivity index (χ4n) is 1.69. The van der Waals surface area contributed by atoms with E-state index in [4.69, 9.17) is 15.7 Å². The first-order valence-electron chi connectivity index (χ1n) is 5.56. The highest BCUT2D eigenvalue weighted by atomic mass is 16.5. The minimum atomic E-state index is 0.454. The number of ether oxygens (including phenoxy) is 1. The van der Waals surface area contributed by atoms with Gasteiger partial charge >= 0.3 is 0 Å². The van der Waals surface area contributed by atoms with Crippen LogP contribution in [-0.2, 0) is 13.6 Å². The SMILES string of the molecule is Cc1nn(C)c(Oc2ccc(CN)cc2)c1C#N. The van der Waals surface area contributed by atoms with Gasteiger partial charge in [0, 0.05) is 13.6 Å². The van der Waals surface area contributed by atoms with Gasteiger partial charge in [-0.2, -0.15) is 10.4 Å². The third kappa shape index (κ3) is 2.19. The van der Waals surface area contributed by atoms with Gasteiger partial charge in [-0.25, -0.2) is 4.68 Å². The van der Waals surface area contributed by atoms with Crippen molar-refractivity contribution in [2.45, 2.75) is 13.5 Å². The van der Waals surface area contributed by atoms with Crippen molar-refractivity contribution >= 4 is 0 Å². The smallest absolute Gasteiger partial charge is 0.235 e. The van der Waals surface area contributed by atoms with Gasteiger partial charge in [-0.1, -0.05) is 12.1 Å². The molecular weight excluding hydrogens is 228 g/mol. The zero-order valence-corrected chi connectivity index (χ0v) is 10.3. The Morgan fingerprint density at radius 1 is 1.39 bits per heavy atom. The number of aromatic nitrogens is 2. The standard InChI is InChI=1S/C13H14N4O/c1-9-12(8-15)13(17(2)16-9)18-11-5-3-10(7-14)4-6-11/h3-6H,7,14H2,1-2H3. The van der Waals surface area contributed by atoms with Gasteiger partial charge in [0.05, 0.1) is 5.69 Å². The molecule has 0 fully saturated rings. The molecule has 0 aliphatic heterocycles. The normalized spacial score (nSPS) is 10.1. The van der Waals surface area contributed by atoms with Crippen molar-refractivity contribution in [3.8, 4) is 17.7 Å². The molecule has 2 N–H and O–H groups in total. The zero-order valence-electron chi connectivity index (χ0n) is 10.3. The molecule has 0 unspecified atom stereocenters. The summed E-state index contributed by atoms with van der Waals surface area (Å²) in [5, 5.41) is 13.2. The third-order valence-corrected chi connectivity index (χ3v) is 2.65. The van der Waals surface area contributed by atoms with Crippen LogP contribution in [0.25, 0.3) is 0 Å². The molecule has 2 aromatic rings. The minimum absolute atomic E-state index is 0.454. The number of nitrogens with zero attached hydrogens (tertiary/aromatic N) is 3. The fraction of sp³-hybridized carbons (Fsp3) is 0.231. The van der Waals surface area contributed by atoms with E-state index in [-0.39, 0.29) is 0 Å². The highest BCUT2D eigenvalue weighted by molar-refractivity contribution is 5.44.